The fourth-order valence-corrected chi connectivity index (χ4v) is 0.750. The molecule has 0 amide bonds. The maximum atomic E-state index is 10.4. The largest absolute Gasteiger partial charge is 0.476 e. The number of carboxylic acids is 1. The summed E-state index contributed by atoms with van der Waals surface area (Å²) in [4.78, 5) is 10.4. The average molecular weight is 167 g/mol. The van der Waals surface area contributed by atoms with Crippen molar-refractivity contribution < 1.29 is 9.90 Å². The second-order valence-corrected chi connectivity index (χ2v) is 2.56. The Morgan fingerprint density at radius 2 is 2.50 bits per heavy atom. The van der Waals surface area contributed by atoms with Gasteiger partial charge in [0.05, 0.1) is 12.7 Å². The van der Waals surface area contributed by atoms with Crippen LogP contribution in [0.3, 0.4) is 0 Å². The zero-order valence-corrected chi connectivity index (χ0v) is 6.69. The summed E-state index contributed by atoms with van der Waals surface area (Å²) < 4.78 is 1.44. The SMILES string of the molecule is C=C(C)Cn1cc(C(=O)O)nn1. The average Bonchev–Trinajstić information content (AvgIpc) is 2.34. The predicted octanol–water partition coefficient (Wildman–Crippen LogP) is 0.552. The van der Waals surface area contributed by atoms with Crippen LogP contribution < -0.4 is 0 Å². The molecule has 0 aromatic carbocycles. The van der Waals surface area contributed by atoms with Crippen molar-refractivity contribution in [1.82, 2.24) is 15.0 Å². The van der Waals surface area contributed by atoms with Gasteiger partial charge in [-0.05, 0) is 6.92 Å². The lowest BCUT2D eigenvalue weighted by atomic mass is 10.3. The maximum absolute atomic E-state index is 10.4. The van der Waals surface area contributed by atoms with Gasteiger partial charge in [0.2, 0.25) is 0 Å². The number of aromatic carboxylic acids is 1. The van der Waals surface area contributed by atoms with E-state index in [1.807, 2.05) is 6.92 Å². The molecular formula is C7H9N3O2. The standard InChI is InChI=1S/C7H9N3O2/c1-5(2)3-10-4-6(7(11)12)8-9-10/h4H,1,3H2,2H3,(H,11,12). The number of carbonyl (C=O) groups is 1. The van der Waals surface area contributed by atoms with E-state index in [0.29, 0.717) is 6.54 Å². The van der Waals surface area contributed by atoms with E-state index in [0.717, 1.165) is 5.57 Å². The van der Waals surface area contributed by atoms with Crippen LogP contribution in [0.4, 0.5) is 0 Å². The molecule has 1 heterocycles. The molecular weight excluding hydrogens is 158 g/mol. The summed E-state index contributed by atoms with van der Waals surface area (Å²) in [6, 6.07) is 0. The lowest BCUT2D eigenvalue weighted by Crippen LogP contribution is -1.99. The van der Waals surface area contributed by atoms with E-state index in [9.17, 15) is 4.79 Å². The van der Waals surface area contributed by atoms with Crippen LogP contribution in [0.5, 0.6) is 0 Å². The van der Waals surface area contributed by atoms with Crippen molar-refractivity contribution in [2.45, 2.75) is 13.5 Å². The molecule has 0 saturated carbocycles. The monoisotopic (exact) mass is 167 g/mol. The van der Waals surface area contributed by atoms with Crippen LogP contribution in [-0.4, -0.2) is 26.1 Å². The van der Waals surface area contributed by atoms with Crippen LogP contribution in [0.1, 0.15) is 17.4 Å². The Labute approximate surface area is 69.3 Å². The normalized spacial score (nSPS) is 9.75. The highest BCUT2D eigenvalue weighted by Crippen LogP contribution is 1.96. The van der Waals surface area contributed by atoms with E-state index in [1.54, 1.807) is 0 Å². The fraction of sp³-hybridized carbons (Fsp3) is 0.286. The van der Waals surface area contributed by atoms with Gasteiger partial charge in [0, 0.05) is 0 Å². The van der Waals surface area contributed by atoms with Gasteiger partial charge in [-0.3, -0.25) is 0 Å². The molecule has 0 unspecified atom stereocenters. The summed E-state index contributed by atoms with van der Waals surface area (Å²) in [6.45, 7) is 6.00. The first kappa shape index (κ1) is 8.45. The van der Waals surface area contributed by atoms with E-state index < -0.39 is 5.97 Å². The lowest BCUT2D eigenvalue weighted by Gasteiger charge is -1.95. The van der Waals surface area contributed by atoms with Gasteiger partial charge in [-0.25, -0.2) is 9.48 Å². The molecule has 1 N–H and O–H groups in total. The third kappa shape index (κ3) is 1.91. The van der Waals surface area contributed by atoms with Crippen LogP contribution in [-0.2, 0) is 6.54 Å². The van der Waals surface area contributed by atoms with Crippen molar-refractivity contribution in [3.05, 3.63) is 24.0 Å². The Hall–Kier alpha value is -1.65. The van der Waals surface area contributed by atoms with Gasteiger partial charge >= 0.3 is 5.97 Å². The Morgan fingerprint density at radius 1 is 1.83 bits per heavy atom. The maximum Gasteiger partial charge on any atom is 0.358 e. The minimum atomic E-state index is -1.07. The third-order valence-corrected chi connectivity index (χ3v) is 1.19. The van der Waals surface area contributed by atoms with Crippen molar-refractivity contribution in [1.29, 1.82) is 0 Å². The smallest absolute Gasteiger partial charge is 0.358 e. The number of nitrogens with zero attached hydrogens (tertiary/aromatic N) is 3. The third-order valence-electron chi connectivity index (χ3n) is 1.19. The van der Waals surface area contributed by atoms with Crippen molar-refractivity contribution in [3.8, 4) is 0 Å². The van der Waals surface area contributed by atoms with Crippen molar-refractivity contribution in [3.63, 3.8) is 0 Å². The second-order valence-electron chi connectivity index (χ2n) is 2.56. The number of hydrogen-bond donors (Lipinski definition) is 1. The van der Waals surface area contributed by atoms with Gasteiger partial charge in [0.15, 0.2) is 5.69 Å². The van der Waals surface area contributed by atoms with Gasteiger partial charge in [-0.15, -0.1) is 5.10 Å². The van der Waals surface area contributed by atoms with Crippen LogP contribution in [0, 0.1) is 0 Å². The van der Waals surface area contributed by atoms with Gasteiger partial charge in [0.25, 0.3) is 0 Å². The lowest BCUT2D eigenvalue weighted by molar-refractivity contribution is 0.0690. The second kappa shape index (κ2) is 3.17. The number of hydrogen-bond acceptors (Lipinski definition) is 3. The van der Waals surface area contributed by atoms with Gasteiger partial charge in [0.1, 0.15) is 0 Å². The van der Waals surface area contributed by atoms with Crippen molar-refractivity contribution in [2.75, 3.05) is 0 Å². The minimum Gasteiger partial charge on any atom is -0.476 e. The van der Waals surface area contributed by atoms with Crippen LogP contribution >= 0.6 is 0 Å². The van der Waals surface area contributed by atoms with E-state index in [4.69, 9.17) is 5.11 Å². The molecule has 12 heavy (non-hydrogen) atoms. The summed E-state index contributed by atoms with van der Waals surface area (Å²) in [5.41, 5.74) is 0.855. The van der Waals surface area contributed by atoms with Crippen LogP contribution in [0.15, 0.2) is 18.3 Å². The molecule has 64 valence electrons. The molecule has 0 aliphatic carbocycles. The summed E-state index contributed by atoms with van der Waals surface area (Å²) in [5.74, 6) is -1.07. The summed E-state index contributed by atoms with van der Waals surface area (Å²) in [5, 5.41) is 15.5. The molecule has 0 bridgehead atoms. The Bertz CT molecular complexity index is 316. The van der Waals surface area contributed by atoms with Crippen LogP contribution in [0.2, 0.25) is 0 Å². The fourth-order valence-electron chi connectivity index (χ4n) is 0.750. The van der Waals surface area contributed by atoms with E-state index in [2.05, 4.69) is 16.9 Å². The summed E-state index contributed by atoms with van der Waals surface area (Å²) >= 11 is 0. The highest BCUT2D eigenvalue weighted by atomic mass is 16.4. The Morgan fingerprint density at radius 3 is 2.92 bits per heavy atom. The first-order valence-electron chi connectivity index (χ1n) is 3.37. The highest BCUT2D eigenvalue weighted by Gasteiger charge is 2.07. The van der Waals surface area contributed by atoms with E-state index in [1.165, 1.54) is 10.9 Å². The molecule has 1 aromatic rings. The van der Waals surface area contributed by atoms with Crippen LogP contribution in [0.25, 0.3) is 0 Å². The topological polar surface area (TPSA) is 68.0 Å². The molecule has 0 aliphatic heterocycles. The molecule has 5 heteroatoms. The number of allylic oxidation sites excluding steroid dienone is 1. The molecule has 0 atom stereocenters. The quantitative estimate of drug-likeness (QED) is 0.667. The molecule has 0 radical (unpaired) electrons. The van der Waals surface area contributed by atoms with E-state index >= 15 is 0 Å². The molecule has 0 spiro atoms. The Kier molecular flexibility index (Phi) is 2.23. The summed E-state index contributed by atoms with van der Waals surface area (Å²) in [7, 11) is 0. The molecule has 0 aliphatic rings. The minimum absolute atomic E-state index is 0.0451. The molecule has 5 nitrogen and oxygen atoms in total. The number of aromatic nitrogens is 3. The zero-order valence-electron chi connectivity index (χ0n) is 6.69. The predicted molar refractivity (Wildman–Crippen MR) is 41.8 cm³/mol. The molecule has 0 fully saturated rings. The molecule has 0 saturated heterocycles. The number of carboxylic acid groups (broad SMARTS) is 1. The van der Waals surface area contributed by atoms with Gasteiger partial charge < -0.3 is 5.11 Å². The first-order valence-corrected chi connectivity index (χ1v) is 3.37. The zero-order chi connectivity index (χ0) is 9.14. The summed E-state index contributed by atoms with van der Waals surface area (Å²) in [6.07, 6.45) is 1.37. The van der Waals surface area contributed by atoms with Crippen molar-refractivity contribution in [2.24, 2.45) is 0 Å². The number of rotatable bonds is 3. The molecule has 1 rings (SSSR count). The first-order chi connectivity index (χ1) is 5.59. The van der Waals surface area contributed by atoms with Crippen molar-refractivity contribution >= 4 is 5.97 Å². The molecule has 1 aromatic heterocycles. The van der Waals surface area contributed by atoms with E-state index in [-0.39, 0.29) is 5.69 Å². The van der Waals surface area contributed by atoms with Gasteiger partial charge in [-0.2, -0.15) is 0 Å². The highest BCUT2D eigenvalue weighted by molar-refractivity contribution is 5.84. The van der Waals surface area contributed by atoms with Gasteiger partial charge in [-0.1, -0.05) is 17.4 Å². The Balaban J connectivity index is 2.77.